The van der Waals surface area contributed by atoms with Gasteiger partial charge in [0.25, 0.3) is 0 Å². The number of halogens is 3. The van der Waals surface area contributed by atoms with E-state index in [0.29, 0.717) is 22.0 Å². The molecule has 3 rings (SSSR count). The smallest absolute Gasteiger partial charge is 0.495 e. The van der Waals surface area contributed by atoms with Crippen LogP contribution in [0, 0.1) is 11.8 Å². The first-order chi connectivity index (χ1) is 14.3. The number of aliphatic hydroxyl groups is 1. The summed E-state index contributed by atoms with van der Waals surface area (Å²) in [5, 5.41) is 12.2. The Balaban J connectivity index is 1.64. The molecule has 3 N–H and O–H groups in total. The van der Waals surface area contributed by atoms with Gasteiger partial charge in [-0.15, -0.1) is 13.2 Å². The first kappa shape index (κ1) is 22.1. The van der Waals surface area contributed by atoms with E-state index in [0.717, 1.165) is 24.8 Å². The molecular weight excluding hydrogens is 421 g/mol. The van der Waals surface area contributed by atoms with E-state index in [9.17, 15) is 23.1 Å². The molecule has 1 aliphatic carbocycles. The van der Waals surface area contributed by atoms with Crippen LogP contribution in [-0.2, 0) is 4.79 Å². The van der Waals surface area contributed by atoms with E-state index in [4.69, 9.17) is 4.74 Å². The third kappa shape index (κ3) is 6.20. The van der Waals surface area contributed by atoms with Crippen molar-refractivity contribution in [1.29, 1.82) is 0 Å². The number of alkyl halides is 3. The summed E-state index contributed by atoms with van der Waals surface area (Å²) in [7, 11) is 1.48. The third-order valence-electron chi connectivity index (χ3n) is 4.50. The van der Waals surface area contributed by atoms with Crippen molar-refractivity contribution in [2.45, 2.75) is 24.1 Å². The molecular formula is C20H21F3N2O4S. The highest BCUT2D eigenvalue weighted by atomic mass is 32.2. The molecule has 6 nitrogen and oxygen atoms in total. The summed E-state index contributed by atoms with van der Waals surface area (Å²) in [5.41, 5.74) is 0.942. The van der Waals surface area contributed by atoms with E-state index in [2.05, 4.69) is 14.8 Å². The Bertz CT molecular complexity index is 891. The van der Waals surface area contributed by atoms with Gasteiger partial charge in [-0.25, -0.2) is 0 Å². The minimum absolute atomic E-state index is 0.192. The number of anilines is 2. The molecule has 1 amide bonds. The quantitative estimate of drug-likeness (QED) is 0.490. The van der Waals surface area contributed by atoms with Crippen LogP contribution in [0.2, 0.25) is 0 Å². The SMILES string of the molecule is COc1cc(NC(=O)C(CO)C2CC2)ccc1SNc1cccc(OC(F)(F)F)c1. The van der Waals surface area contributed by atoms with Crippen molar-refractivity contribution in [2.75, 3.05) is 23.8 Å². The second-order valence-corrected chi connectivity index (χ2v) is 7.61. The van der Waals surface area contributed by atoms with Gasteiger partial charge in [-0.05, 0) is 55.0 Å². The molecule has 1 unspecified atom stereocenters. The molecule has 0 aromatic heterocycles. The first-order valence-corrected chi connectivity index (χ1v) is 9.99. The number of carbonyl (C=O) groups is 1. The first-order valence-electron chi connectivity index (χ1n) is 9.17. The van der Waals surface area contributed by atoms with Crippen molar-refractivity contribution >= 4 is 29.2 Å². The maximum atomic E-state index is 12.4. The molecule has 0 saturated heterocycles. The summed E-state index contributed by atoms with van der Waals surface area (Å²) in [6.45, 7) is -0.192. The number of amides is 1. The van der Waals surface area contributed by atoms with Crippen LogP contribution in [0.1, 0.15) is 12.8 Å². The molecule has 0 aliphatic heterocycles. The highest BCUT2D eigenvalue weighted by molar-refractivity contribution is 8.00. The second kappa shape index (κ2) is 9.48. The highest BCUT2D eigenvalue weighted by Crippen LogP contribution is 2.38. The third-order valence-corrected chi connectivity index (χ3v) is 5.40. The lowest BCUT2D eigenvalue weighted by molar-refractivity contribution is -0.274. The lowest BCUT2D eigenvalue weighted by Crippen LogP contribution is -2.27. The second-order valence-electron chi connectivity index (χ2n) is 6.76. The van der Waals surface area contributed by atoms with E-state index in [1.165, 1.54) is 25.3 Å². The zero-order chi connectivity index (χ0) is 21.7. The van der Waals surface area contributed by atoms with Crippen LogP contribution in [0.25, 0.3) is 0 Å². The lowest BCUT2D eigenvalue weighted by atomic mass is 10.0. The van der Waals surface area contributed by atoms with E-state index >= 15 is 0 Å². The number of hydrogen-bond donors (Lipinski definition) is 3. The van der Waals surface area contributed by atoms with E-state index in [1.807, 2.05) is 0 Å². The van der Waals surface area contributed by atoms with Gasteiger partial charge >= 0.3 is 6.36 Å². The molecule has 1 aliphatic rings. The molecule has 2 aromatic carbocycles. The molecule has 1 atom stereocenters. The van der Waals surface area contributed by atoms with Crippen molar-refractivity contribution in [3.63, 3.8) is 0 Å². The van der Waals surface area contributed by atoms with Crippen LogP contribution in [0.4, 0.5) is 24.5 Å². The standard InChI is InChI=1S/C20H21F3N2O4S/c1-28-17-10-13(24-19(27)16(11-26)12-5-6-12)7-8-18(17)30-25-14-3-2-4-15(9-14)29-20(21,22)23/h2-4,7-10,12,16,25-26H,5-6,11H2,1H3,(H,24,27). The lowest BCUT2D eigenvalue weighted by Gasteiger charge is -2.15. The van der Waals surface area contributed by atoms with E-state index in [1.54, 1.807) is 24.3 Å². The molecule has 0 bridgehead atoms. The predicted octanol–water partition coefficient (Wildman–Crippen LogP) is 4.67. The average Bonchev–Trinajstić information content (AvgIpc) is 3.51. The van der Waals surface area contributed by atoms with Gasteiger partial charge in [0.15, 0.2) is 0 Å². The highest BCUT2D eigenvalue weighted by Gasteiger charge is 2.35. The monoisotopic (exact) mass is 442 g/mol. The van der Waals surface area contributed by atoms with Crippen LogP contribution in [0.3, 0.4) is 0 Å². The van der Waals surface area contributed by atoms with Crippen molar-refractivity contribution in [3.8, 4) is 11.5 Å². The number of methoxy groups -OCH3 is 1. The zero-order valence-electron chi connectivity index (χ0n) is 16.0. The minimum Gasteiger partial charge on any atom is -0.495 e. The summed E-state index contributed by atoms with van der Waals surface area (Å²) in [6, 6.07) is 10.5. The zero-order valence-corrected chi connectivity index (χ0v) is 16.8. The molecule has 1 fully saturated rings. The maximum absolute atomic E-state index is 12.4. The van der Waals surface area contributed by atoms with Crippen molar-refractivity contribution in [1.82, 2.24) is 0 Å². The topological polar surface area (TPSA) is 79.8 Å². The number of nitrogens with one attached hydrogen (secondary N) is 2. The van der Waals surface area contributed by atoms with Gasteiger partial charge in [0, 0.05) is 23.5 Å². The van der Waals surface area contributed by atoms with Crippen LogP contribution in [0.15, 0.2) is 47.4 Å². The number of carbonyl (C=O) groups excluding carboxylic acids is 1. The van der Waals surface area contributed by atoms with Gasteiger partial charge in [-0.3, -0.25) is 4.79 Å². The number of ether oxygens (including phenoxy) is 2. The van der Waals surface area contributed by atoms with Crippen molar-refractivity contribution < 1.29 is 32.5 Å². The van der Waals surface area contributed by atoms with E-state index in [-0.39, 0.29) is 24.2 Å². The Morgan fingerprint density at radius 1 is 1.23 bits per heavy atom. The van der Waals surface area contributed by atoms with Crippen LogP contribution >= 0.6 is 11.9 Å². The Kier molecular flexibility index (Phi) is 6.99. The molecule has 0 spiro atoms. The number of hydrogen-bond acceptors (Lipinski definition) is 6. The van der Waals surface area contributed by atoms with Crippen molar-refractivity contribution in [2.24, 2.45) is 11.8 Å². The molecule has 1 saturated carbocycles. The number of aliphatic hydroxyl groups excluding tert-OH is 1. The number of benzene rings is 2. The summed E-state index contributed by atoms with van der Waals surface area (Å²) >= 11 is 1.14. The fraction of sp³-hybridized carbons (Fsp3) is 0.350. The molecule has 2 aromatic rings. The van der Waals surface area contributed by atoms with Gasteiger partial charge in [0.05, 0.1) is 24.5 Å². The Morgan fingerprint density at radius 2 is 2.00 bits per heavy atom. The maximum Gasteiger partial charge on any atom is 0.573 e. The molecule has 162 valence electrons. The molecule has 30 heavy (non-hydrogen) atoms. The summed E-state index contributed by atoms with van der Waals surface area (Å²) in [6.07, 6.45) is -2.87. The fourth-order valence-corrected chi connectivity index (χ4v) is 3.61. The van der Waals surface area contributed by atoms with Crippen LogP contribution in [0.5, 0.6) is 11.5 Å². The predicted molar refractivity (Wildman–Crippen MR) is 108 cm³/mol. The van der Waals surface area contributed by atoms with E-state index < -0.39 is 12.3 Å². The Hall–Kier alpha value is -2.59. The summed E-state index contributed by atoms with van der Waals surface area (Å²) < 4.78 is 49.3. The summed E-state index contributed by atoms with van der Waals surface area (Å²) in [4.78, 5) is 13.0. The Morgan fingerprint density at radius 3 is 2.63 bits per heavy atom. The minimum atomic E-state index is -4.76. The normalized spacial score (nSPS) is 14.7. The van der Waals surface area contributed by atoms with Crippen LogP contribution in [-0.4, -0.2) is 31.1 Å². The van der Waals surface area contributed by atoms with Gasteiger partial charge in [-0.2, -0.15) is 0 Å². The van der Waals surface area contributed by atoms with Crippen molar-refractivity contribution in [3.05, 3.63) is 42.5 Å². The average molecular weight is 442 g/mol. The fourth-order valence-electron chi connectivity index (χ4n) is 2.88. The van der Waals surface area contributed by atoms with Crippen LogP contribution < -0.4 is 19.5 Å². The summed E-state index contributed by atoms with van der Waals surface area (Å²) in [5.74, 6) is -0.278. The van der Waals surface area contributed by atoms with Gasteiger partial charge in [0.2, 0.25) is 5.91 Å². The van der Waals surface area contributed by atoms with Gasteiger partial charge in [0.1, 0.15) is 11.5 Å². The Labute approximate surface area is 175 Å². The number of rotatable bonds is 9. The van der Waals surface area contributed by atoms with Gasteiger partial charge in [-0.1, -0.05) is 6.07 Å². The van der Waals surface area contributed by atoms with Gasteiger partial charge < -0.3 is 24.6 Å². The molecule has 0 heterocycles. The largest absolute Gasteiger partial charge is 0.573 e. The molecule has 0 radical (unpaired) electrons. The molecule has 10 heteroatoms.